The van der Waals surface area contributed by atoms with E-state index in [1.807, 2.05) is 74.0 Å². The van der Waals surface area contributed by atoms with Gasteiger partial charge < -0.3 is 14.8 Å². The zero-order valence-electron chi connectivity index (χ0n) is 25.4. The van der Waals surface area contributed by atoms with Crippen molar-refractivity contribution in [3.63, 3.8) is 0 Å². The van der Waals surface area contributed by atoms with Crippen LogP contribution in [0.5, 0.6) is 5.75 Å². The topological polar surface area (TPSA) is 154 Å². The van der Waals surface area contributed by atoms with Crippen LogP contribution in [0.4, 0.5) is 10.5 Å². The fraction of sp³-hybridized carbons (Fsp3) is 0.235. The molecule has 0 saturated heterocycles. The molecule has 11 nitrogen and oxygen atoms in total. The van der Waals surface area contributed by atoms with Crippen molar-refractivity contribution < 1.29 is 32.4 Å². The molecule has 0 saturated carbocycles. The summed E-state index contributed by atoms with van der Waals surface area (Å²) in [6, 6.07) is 25.3. The first-order chi connectivity index (χ1) is 21.8. The molecule has 4 aromatic carbocycles. The smallest absolute Gasteiger partial charge is 0.407 e. The molecule has 5 rings (SSSR count). The summed E-state index contributed by atoms with van der Waals surface area (Å²) in [5.41, 5.74) is 4.02. The molecule has 1 atom stereocenters. The Balaban J connectivity index is 1.33. The molecule has 0 radical (unpaired) electrons. The lowest BCUT2D eigenvalue weighted by Crippen LogP contribution is -2.49. The Morgan fingerprint density at radius 2 is 1.43 bits per heavy atom. The van der Waals surface area contributed by atoms with Crippen LogP contribution in [0, 0.1) is 10.1 Å². The van der Waals surface area contributed by atoms with Gasteiger partial charge in [0.1, 0.15) is 24.0 Å². The minimum atomic E-state index is -4.43. The van der Waals surface area contributed by atoms with Crippen molar-refractivity contribution in [1.82, 2.24) is 10.0 Å². The van der Waals surface area contributed by atoms with E-state index in [2.05, 4.69) is 5.32 Å². The van der Waals surface area contributed by atoms with Gasteiger partial charge in [0.05, 0.1) is 9.82 Å². The summed E-state index contributed by atoms with van der Waals surface area (Å²) in [5, 5.41) is 13.5. The summed E-state index contributed by atoms with van der Waals surface area (Å²) in [5.74, 6) is -0.632. The third-order valence-corrected chi connectivity index (χ3v) is 8.69. The van der Waals surface area contributed by atoms with Crippen LogP contribution in [0.2, 0.25) is 0 Å². The first kappa shape index (κ1) is 32.2. The monoisotopic (exact) mass is 643 g/mol. The number of carbonyl (C=O) groups excluding carboxylic acids is 2. The van der Waals surface area contributed by atoms with Gasteiger partial charge in [-0.1, -0.05) is 60.7 Å². The van der Waals surface area contributed by atoms with Crippen molar-refractivity contribution in [3.8, 4) is 16.9 Å². The van der Waals surface area contributed by atoms with E-state index in [-0.39, 0.29) is 29.5 Å². The number of alkyl carbamates (subject to hydrolysis) is 1. The van der Waals surface area contributed by atoms with Gasteiger partial charge in [-0.3, -0.25) is 14.9 Å². The number of amides is 2. The van der Waals surface area contributed by atoms with E-state index >= 15 is 0 Å². The lowest BCUT2D eigenvalue weighted by Gasteiger charge is -2.22. The molecule has 238 valence electrons. The normalized spacial score (nSPS) is 13.2. The summed E-state index contributed by atoms with van der Waals surface area (Å²) in [7, 11) is -4.43. The molecule has 0 unspecified atom stereocenters. The fourth-order valence-electron chi connectivity index (χ4n) is 5.28. The molecule has 0 aromatic heterocycles. The third-order valence-electron chi connectivity index (χ3n) is 7.33. The van der Waals surface area contributed by atoms with Crippen LogP contribution in [0.25, 0.3) is 11.1 Å². The third kappa shape index (κ3) is 7.52. The Morgan fingerprint density at radius 3 is 1.98 bits per heavy atom. The highest BCUT2D eigenvalue weighted by atomic mass is 32.2. The highest BCUT2D eigenvalue weighted by Gasteiger charge is 2.31. The van der Waals surface area contributed by atoms with Crippen molar-refractivity contribution in [3.05, 3.63) is 124 Å². The standard InChI is InChI=1S/C34H33N3O8S/c1-34(2,3)45-24-16-12-22(13-17-24)20-31(32(38)36-46(42,43)25-18-14-23(15-19-25)37(40)41)35-33(39)44-21-30-28-10-6-4-8-26(28)27-9-5-7-11-29(27)30/h4-19,30-31H,20-21H2,1-3H3,(H,35,39)(H,36,38)/t31-/m0/s1. The number of ether oxygens (including phenoxy) is 2. The summed E-state index contributed by atoms with van der Waals surface area (Å²) in [6.07, 6.45) is -0.968. The van der Waals surface area contributed by atoms with Crippen LogP contribution in [0.3, 0.4) is 0 Å². The average Bonchev–Trinajstić information content (AvgIpc) is 3.33. The Morgan fingerprint density at radius 1 is 0.870 bits per heavy atom. The number of nitrogens with one attached hydrogen (secondary N) is 2. The molecule has 1 aliphatic carbocycles. The molecule has 0 spiro atoms. The van der Waals surface area contributed by atoms with Crippen molar-refractivity contribution in [1.29, 1.82) is 0 Å². The maximum Gasteiger partial charge on any atom is 0.407 e. The zero-order valence-corrected chi connectivity index (χ0v) is 26.2. The lowest BCUT2D eigenvalue weighted by molar-refractivity contribution is -0.384. The largest absolute Gasteiger partial charge is 0.488 e. The molecule has 46 heavy (non-hydrogen) atoms. The number of nitro benzene ring substituents is 1. The van der Waals surface area contributed by atoms with Gasteiger partial charge in [-0.2, -0.15) is 0 Å². The van der Waals surface area contributed by atoms with Crippen LogP contribution in [0.15, 0.2) is 102 Å². The minimum absolute atomic E-state index is 0.00582. The van der Waals surface area contributed by atoms with Crippen LogP contribution < -0.4 is 14.8 Å². The molecular formula is C34H33N3O8S. The summed E-state index contributed by atoms with van der Waals surface area (Å²) in [6.45, 7) is 5.72. The lowest BCUT2D eigenvalue weighted by atomic mass is 9.98. The molecule has 0 bridgehead atoms. The average molecular weight is 644 g/mol. The Labute approximate surface area is 266 Å². The molecule has 4 aromatic rings. The Kier molecular flexibility index (Phi) is 9.10. The molecule has 2 N–H and O–H groups in total. The maximum atomic E-state index is 13.4. The van der Waals surface area contributed by atoms with Gasteiger partial charge in [0.25, 0.3) is 21.6 Å². The van der Waals surface area contributed by atoms with E-state index in [0.29, 0.717) is 11.3 Å². The first-order valence-electron chi connectivity index (χ1n) is 14.5. The van der Waals surface area contributed by atoms with E-state index in [0.717, 1.165) is 46.5 Å². The van der Waals surface area contributed by atoms with Crippen molar-refractivity contribution >= 4 is 27.7 Å². The van der Waals surface area contributed by atoms with E-state index in [1.165, 1.54) is 0 Å². The first-order valence-corrected chi connectivity index (χ1v) is 16.0. The van der Waals surface area contributed by atoms with Crippen molar-refractivity contribution in [2.24, 2.45) is 0 Å². The number of hydrogen-bond donors (Lipinski definition) is 2. The van der Waals surface area contributed by atoms with Crippen LogP contribution in [-0.2, 0) is 26.0 Å². The zero-order chi connectivity index (χ0) is 33.1. The second-order valence-corrected chi connectivity index (χ2v) is 13.5. The van der Waals surface area contributed by atoms with Gasteiger partial charge in [0, 0.05) is 24.5 Å². The molecule has 1 aliphatic rings. The quantitative estimate of drug-likeness (QED) is 0.164. The number of fused-ring (bicyclic) bond motifs is 3. The summed E-state index contributed by atoms with van der Waals surface area (Å²) >= 11 is 0. The SMILES string of the molecule is CC(C)(C)Oc1ccc(C[C@H](NC(=O)OCC2c3ccccc3-c3ccccc32)C(=O)NS(=O)(=O)c2ccc([N+](=O)[O-])cc2)cc1. The predicted octanol–water partition coefficient (Wildman–Crippen LogP) is 5.73. The van der Waals surface area contributed by atoms with Crippen LogP contribution in [0.1, 0.15) is 43.4 Å². The van der Waals surface area contributed by atoms with Crippen LogP contribution >= 0.6 is 0 Å². The molecule has 0 fully saturated rings. The number of hydrogen-bond acceptors (Lipinski definition) is 8. The van der Waals surface area contributed by atoms with E-state index in [9.17, 15) is 28.1 Å². The number of non-ortho nitro benzene ring substituents is 1. The second-order valence-electron chi connectivity index (χ2n) is 11.8. The molecule has 12 heteroatoms. The van der Waals surface area contributed by atoms with E-state index in [1.54, 1.807) is 24.3 Å². The highest BCUT2D eigenvalue weighted by Crippen LogP contribution is 2.44. The van der Waals surface area contributed by atoms with E-state index < -0.39 is 38.6 Å². The van der Waals surface area contributed by atoms with Gasteiger partial charge in [-0.25, -0.2) is 17.9 Å². The number of nitrogens with zero attached hydrogens (tertiary/aromatic N) is 1. The molecule has 0 aliphatic heterocycles. The number of benzene rings is 4. The van der Waals surface area contributed by atoms with Gasteiger partial charge in [0.15, 0.2) is 0 Å². The second kappa shape index (κ2) is 13.0. The minimum Gasteiger partial charge on any atom is -0.488 e. The summed E-state index contributed by atoms with van der Waals surface area (Å²) < 4.78 is 39.5. The Hall–Kier alpha value is -5.23. The fourth-order valence-corrected chi connectivity index (χ4v) is 6.30. The molecule has 2 amide bonds. The number of carbonyl (C=O) groups is 2. The van der Waals surface area contributed by atoms with E-state index in [4.69, 9.17) is 9.47 Å². The van der Waals surface area contributed by atoms with Crippen molar-refractivity contribution in [2.75, 3.05) is 6.61 Å². The van der Waals surface area contributed by atoms with Gasteiger partial charge in [-0.05, 0) is 72.9 Å². The highest BCUT2D eigenvalue weighted by molar-refractivity contribution is 7.90. The van der Waals surface area contributed by atoms with Crippen molar-refractivity contribution in [2.45, 2.75) is 49.6 Å². The van der Waals surface area contributed by atoms with Gasteiger partial charge >= 0.3 is 6.09 Å². The molecular weight excluding hydrogens is 610 g/mol. The number of sulfonamides is 1. The Bertz CT molecular complexity index is 1820. The van der Waals surface area contributed by atoms with Gasteiger partial charge in [0.2, 0.25) is 0 Å². The maximum absolute atomic E-state index is 13.4. The van der Waals surface area contributed by atoms with Crippen LogP contribution in [-0.4, -0.2) is 43.6 Å². The molecule has 0 heterocycles. The number of rotatable bonds is 10. The summed E-state index contributed by atoms with van der Waals surface area (Å²) in [4.78, 5) is 36.5. The van der Waals surface area contributed by atoms with Gasteiger partial charge in [-0.15, -0.1) is 0 Å². The number of nitro groups is 1. The predicted molar refractivity (Wildman–Crippen MR) is 171 cm³/mol.